The van der Waals surface area contributed by atoms with E-state index in [1.54, 1.807) is 13.8 Å². The summed E-state index contributed by atoms with van der Waals surface area (Å²) in [6.07, 6.45) is 2.46. The maximum atomic E-state index is 11.9. The zero-order valence-corrected chi connectivity index (χ0v) is 12.6. The van der Waals surface area contributed by atoms with E-state index in [1.165, 1.54) is 18.5 Å². The average molecular weight is 275 g/mol. The summed E-state index contributed by atoms with van der Waals surface area (Å²) in [5.41, 5.74) is 6.92. The van der Waals surface area contributed by atoms with Crippen LogP contribution in [0.4, 0.5) is 11.4 Å². The molecule has 2 rings (SSSR count). The van der Waals surface area contributed by atoms with Crippen LogP contribution in [0, 0.1) is 5.92 Å². The number of benzene rings is 1. The van der Waals surface area contributed by atoms with E-state index in [9.17, 15) is 4.79 Å². The molecule has 0 unspecified atom stereocenters. The molecule has 0 aliphatic carbocycles. The van der Waals surface area contributed by atoms with Crippen LogP contribution in [0.1, 0.15) is 33.6 Å². The van der Waals surface area contributed by atoms with Crippen molar-refractivity contribution in [2.75, 3.05) is 23.3 Å². The van der Waals surface area contributed by atoms with E-state index in [-0.39, 0.29) is 5.91 Å². The van der Waals surface area contributed by atoms with E-state index in [4.69, 9.17) is 5.73 Å². The van der Waals surface area contributed by atoms with Crippen LogP contribution in [0.3, 0.4) is 0 Å². The summed E-state index contributed by atoms with van der Waals surface area (Å²) < 4.78 is 0. The van der Waals surface area contributed by atoms with Crippen LogP contribution in [0.2, 0.25) is 0 Å². The fourth-order valence-electron chi connectivity index (χ4n) is 2.34. The third-order valence-electron chi connectivity index (χ3n) is 3.84. The summed E-state index contributed by atoms with van der Waals surface area (Å²) in [5.74, 6) is 0.647. The fourth-order valence-corrected chi connectivity index (χ4v) is 2.34. The zero-order valence-electron chi connectivity index (χ0n) is 12.6. The summed E-state index contributed by atoms with van der Waals surface area (Å²) in [5, 5.41) is 2.88. The van der Waals surface area contributed by atoms with Crippen LogP contribution in [-0.2, 0) is 4.79 Å². The van der Waals surface area contributed by atoms with E-state index in [0.717, 1.165) is 24.7 Å². The third-order valence-corrected chi connectivity index (χ3v) is 3.84. The molecule has 110 valence electrons. The minimum atomic E-state index is -0.865. The van der Waals surface area contributed by atoms with Gasteiger partial charge in [0.25, 0.3) is 0 Å². The second kappa shape index (κ2) is 5.83. The minimum absolute atomic E-state index is 0.165. The van der Waals surface area contributed by atoms with Crippen LogP contribution in [0.15, 0.2) is 24.3 Å². The molecule has 1 aliphatic heterocycles. The first-order valence-electron chi connectivity index (χ1n) is 7.31. The average Bonchev–Trinajstić information content (AvgIpc) is 2.39. The molecular weight excluding hydrogens is 250 g/mol. The lowest BCUT2D eigenvalue weighted by atomic mass is 9.99. The summed E-state index contributed by atoms with van der Waals surface area (Å²) in [6, 6.07) is 8.01. The number of carbonyl (C=O) groups is 1. The van der Waals surface area contributed by atoms with Crippen molar-refractivity contribution in [3.05, 3.63) is 24.3 Å². The molecule has 20 heavy (non-hydrogen) atoms. The van der Waals surface area contributed by atoms with Gasteiger partial charge in [0.1, 0.15) is 0 Å². The lowest BCUT2D eigenvalue weighted by Gasteiger charge is -2.32. The zero-order chi connectivity index (χ0) is 14.8. The van der Waals surface area contributed by atoms with Gasteiger partial charge in [0.2, 0.25) is 5.91 Å². The van der Waals surface area contributed by atoms with Gasteiger partial charge in [-0.2, -0.15) is 0 Å². The Morgan fingerprint density at radius 3 is 2.60 bits per heavy atom. The Bertz CT molecular complexity index is 471. The van der Waals surface area contributed by atoms with Gasteiger partial charge in [-0.3, -0.25) is 4.79 Å². The van der Waals surface area contributed by atoms with Crippen molar-refractivity contribution in [1.82, 2.24) is 0 Å². The Morgan fingerprint density at radius 1 is 1.35 bits per heavy atom. The number of amides is 1. The first kappa shape index (κ1) is 14.9. The van der Waals surface area contributed by atoms with E-state index in [0.29, 0.717) is 0 Å². The van der Waals surface area contributed by atoms with Crippen molar-refractivity contribution in [3.63, 3.8) is 0 Å². The van der Waals surface area contributed by atoms with Gasteiger partial charge in [0.05, 0.1) is 5.54 Å². The molecule has 1 fully saturated rings. The molecule has 3 N–H and O–H groups in total. The second-order valence-corrected chi connectivity index (χ2v) is 6.40. The SMILES string of the molecule is CC1CCN(c2cccc(NC(=O)C(C)(C)N)c2)CC1. The molecule has 0 radical (unpaired) electrons. The molecule has 1 aromatic carbocycles. The second-order valence-electron chi connectivity index (χ2n) is 6.40. The Labute approximate surface area is 121 Å². The molecule has 1 aromatic rings. The Kier molecular flexibility index (Phi) is 4.33. The number of rotatable bonds is 3. The highest BCUT2D eigenvalue weighted by molar-refractivity contribution is 5.97. The van der Waals surface area contributed by atoms with Gasteiger partial charge < -0.3 is 16.0 Å². The van der Waals surface area contributed by atoms with Crippen molar-refractivity contribution in [3.8, 4) is 0 Å². The molecule has 1 aliphatic rings. The van der Waals surface area contributed by atoms with E-state index in [2.05, 4.69) is 23.2 Å². The lowest BCUT2D eigenvalue weighted by molar-refractivity contribution is -0.120. The number of carbonyl (C=O) groups excluding carboxylic acids is 1. The number of nitrogens with two attached hydrogens (primary N) is 1. The van der Waals surface area contributed by atoms with Gasteiger partial charge in [0, 0.05) is 24.5 Å². The molecule has 1 amide bonds. The van der Waals surface area contributed by atoms with Gasteiger partial charge in [-0.25, -0.2) is 0 Å². The number of nitrogens with zero attached hydrogens (tertiary/aromatic N) is 1. The van der Waals surface area contributed by atoms with Crippen LogP contribution in [-0.4, -0.2) is 24.5 Å². The summed E-state index contributed by atoms with van der Waals surface area (Å²) in [6.45, 7) is 7.88. The van der Waals surface area contributed by atoms with Crippen LogP contribution < -0.4 is 16.0 Å². The first-order chi connectivity index (χ1) is 9.36. The van der Waals surface area contributed by atoms with Crippen LogP contribution in [0.5, 0.6) is 0 Å². The molecular formula is C16H25N3O. The molecule has 0 aromatic heterocycles. The number of hydrogen-bond donors (Lipinski definition) is 2. The standard InChI is InChI=1S/C16H25N3O/c1-12-7-9-19(10-8-12)14-6-4-5-13(11-14)18-15(20)16(2,3)17/h4-6,11-12H,7-10,17H2,1-3H3,(H,18,20). The van der Waals surface area contributed by atoms with Crippen molar-refractivity contribution in [2.45, 2.75) is 39.2 Å². The third kappa shape index (κ3) is 3.73. The topological polar surface area (TPSA) is 58.4 Å². The first-order valence-corrected chi connectivity index (χ1v) is 7.31. The normalized spacial score (nSPS) is 17.1. The van der Waals surface area contributed by atoms with Gasteiger partial charge in [-0.15, -0.1) is 0 Å². The van der Waals surface area contributed by atoms with Crippen LogP contribution in [0.25, 0.3) is 0 Å². The van der Waals surface area contributed by atoms with Gasteiger partial charge in [-0.05, 0) is 50.8 Å². The molecule has 1 heterocycles. The van der Waals surface area contributed by atoms with E-state index >= 15 is 0 Å². The Balaban J connectivity index is 2.06. The van der Waals surface area contributed by atoms with Gasteiger partial charge in [-0.1, -0.05) is 13.0 Å². The minimum Gasteiger partial charge on any atom is -0.371 e. The van der Waals surface area contributed by atoms with Crippen molar-refractivity contribution in [1.29, 1.82) is 0 Å². The highest BCUT2D eigenvalue weighted by Crippen LogP contribution is 2.25. The summed E-state index contributed by atoms with van der Waals surface area (Å²) in [7, 11) is 0. The molecule has 0 saturated carbocycles. The molecule has 0 bridgehead atoms. The quantitative estimate of drug-likeness (QED) is 0.891. The molecule has 4 heteroatoms. The molecule has 1 saturated heterocycles. The van der Waals surface area contributed by atoms with Crippen molar-refractivity contribution >= 4 is 17.3 Å². The monoisotopic (exact) mass is 275 g/mol. The smallest absolute Gasteiger partial charge is 0.243 e. The van der Waals surface area contributed by atoms with Crippen molar-refractivity contribution in [2.24, 2.45) is 11.7 Å². The summed E-state index contributed by atoms with van der Waals surface area (Å²) >= 11 is 0. The fraction of sp³-hybridized carbons (Fsp3) is 0.562. The molecule has 0 spiro atoms. The Hall–Kier alpha value is -1.55. The highest BCUT2D eigenvalue weighted by atomic mass is 16.2. The maximum absolute atomic E-state index is 11.9. The highest BCUT2D eigenvalue weighted by Gasteiger charge is 2.22. The lowest BCUT2D eigenvalue weighted by Crippen LogP contribution is -2.45. The maximum Gasteiger partial charge on any atom is 0.243 e. The predicted octanol–water partition coefficient (Wildman–Crippen LogP) is 2.60. The number of nitrogens with one attached hydrogen (secondary N) is 1. The Morgan fingerprint density at radius 2 is 2.00 bits per heavy atom. The van der Waals surface area contributed by atoms with E-state index < -0.39 is 5.54 Å². The number of piperidine rings is 1. The van der Waals surface area contributed by atoms with Gasteiger partial charge in [0.15, 0.2) is 0 Å². The van der Waals surface area contributed by atoms with E-state index in [1.807, 2.05) is 18.2 Å². The number of hydrogen-bond acceptors (Lipinski definition) is 3. The predicted molar refractivity (Wildman–Crippen MR) is 83.9 cm³/mol. The van der Waals surface area contributed by atoms with Crippen molar-refractivity contribution < 1.29 is 4.79 Å². The summed E-state index contributed by atoms with van der Waals surface area (Å²) in [4.78, 5) is 14.3. The largest absolute Gasteiger partial charge is 0.371 e. The molecule has 0 atom stereocenters. The van der Waals surface area contributed by atoms with Crippen LogP contribution >= 0.6 is 0 Å². The van der Waals surface area contributed by atoms with Gasteiger partial charge >= 0.3 is 0 Å². The molecule has 4 nitrogen and oxygen atoms in total. The number of anilines is 2.